The summed E-state index contributed by atoms with van der Waals surface area (Å²) in [7, 11) is 0. The monoisotopic (exact) mass is 427 g/mol. The third-order valence-corrected chi connectivity index (χ3v) is 5.74. The normalized spacial score (nSPS) is 14.1. The van der Waals surface area contributed by atoms with E-state index in [-0.39, 0.29) is 16.9 Å². The van der Waals surface area contributed by atoms with Crippen molar-refractivity contribution in [1.82, 2.24) is 9.47 Å². The van der Waals surface area contributed by atoms with Gasteiger partial charge in [0.25, 0.3) is 17.7 Å². The van der Waals surface area contributed by atoms with Crippen molar-refractivity contribution in [2.75, 3.05) is 19.8 Å². The summed E-state index contributed by atoms with van der Waals surface area (Å²) in [4.78, 5) is 42.9. The van der Waals surface area contributed by atoms with Gasteiger partial charge >= 0.3 is 0 Å². The maximum atomic E-state index is 13.6. The van der Waals surface area contributed by atoms with Crippen LogP contribution in [0.1, 0.15) is 27.6 Å². The van der Waals surface area contributed by atoms with Gasteiger partial charge in [-0.2, -0.15) is 4.99 Å². The number of thiazole rings is 1. The van der Waals surface area contributed by atoms with Gasteiger partial charge in [0, 0.05) is 13.2 Å². The van der Waals surface area contributed by atoms with Crippen LogP contribution in [-0.2, 0) is 16.1 Å². The lowest BCUT2D eigenvalue weighted by Crippen LogP contribution is -2.35. The molecule has 0 saturated heterocycles. The standard InChI is InChI=1S/C21H18FN3O4S/c1-2-29-10-9-24-16-8-7-13(22)11-17(16)30-21(24)23-18(26)12-25-19(27)14-5-3-4-6-15(14)20(25)28/h3-8,11H,2,9-10,12H2,1H3. The summed E-state index contributed by atoms with van der Waals surface area (Å²) in [5.74, 6) is -2.05. The molecule has 3 aromatic rings. The molecule has 1 aliphatic rings. The van der Waals surface area contributed by atoms with Crippen LogP contribution in [0.15, 0.2) is 47.5 Å². The Bertz CT molecular complexity index is 1200. The minimum absolute atomic E-state index is 0.277. The van der Waals surface area contributed by atoms with Gasteiger partial charge in [-0.1, -0.05) is 23.5 Å². The molecule has 4 rings (SSSR count). The molecule has 2 aromatic carbocycles. The first-order valence-electron chi connectivity index (χ1n) is 9.39. The predicted octanol–water partition coefficient (Wildman–Crippen LogP) is 2.60. The van der Waals surface area contributed by atoms with Gasteiger partial charge in [-0.05, 0) is 37.3 Å². The largest absolute Gasteiger partial charge is 0.380 e. The molecule has 0 N–H and O–H groups in total. The molecule has 0 bridgehead atoms. The summed E-state index contributed by atoms with van der Waals surface area (Å²) < 4.78 is 21.4. The lowest BCUT2D eigenvalue weighted by molar-refractivity contribution is -0.118. The predicted molar refractivity (Wildman–Crippen MR) is 109 cm³/mol. The van der Waals surface area contributed by atoms with Gasteiger partial charge in [0.15, 0.2) is 4.80 Å². The number of aromatic nitrogens is 1. The fourth-order valence-electron chi connectivity index (χ4n) is 3.31. The lowest BCUT2D eigenvalue weighted by Gasteiger charge is -2.10. The van der Waals surface area contributed by atoms with Gasteiger partial charge < -0.3 is 9.30 Å². The summed E-state index contributed by atoms with van der Waals surface area (Å²) in [5.41, 5.74) is 1.28. The fraction of sp³-hybridized carbons (Fsp3) is 0.238. The van der Waals surface area contributed by atoms with Crippen molar-refractivity contribution >= 4 is 39.3 Å². The third-order valence-electron chi connectivity index (χ3n) is 4.70. The number of carbonyl (C=O) groups is 3. The number of rotatable bonds is 6. The van der Waals surface area contributed by atoms with Crippen LogP contribution < -0.4 is 4.80 Å². The highest BCUT2D eigenvalue weighted by Gasteiger charge is 2.36. The summed E-state index contributed by atoms with van der Waals surface area (Å²) in [6.07, 6.45) is 0. The number of nitrogens with zero attached hydrogens (tertiary/aromatic N) is 3. The Kier molecular flexibility index (Phi) is 5.56. The number of carbonyl (C=O) groups excluding carboxylic acids is 3. The minimum atomic E-state index is -0.637. The van der Waals surface area contributed by atoms with Gasteiger partial charge in [-0.25, -0.2) is 4.39 Å². The second-order valence-corrected chi connectivity index (χ2v) is 7.60. The quantitative estimate of drug-likeness (QED) is 0.447. The van der Waals surface area contributed by atoms with E-state index in [0.29, 0.717) is 29.3 Å². The van der Waals surface area contributed by atoms with Crippen LogP contribution >= 0.6 is 11.3 Å². The molecule has 0 unspecified atom stereocenters. The molecule has 0 radical (unpaired) electrons. The van der Waals surface area contributed by atoms with Crippen LogP contribution in [0.3, 0.4) is 0 Å². The Morgan fingerprint density at radius 3 is 2.50 bits per heavy atom. The highest BCUT2D eigenvalue weighted by Crippen LogP contribution is 2.22. The summed E-state index contributed by atoms with van der Waals surface area (Å²) in [5, 5.41) is 0. The molecule has 0 atom stereocenters. The Morgan fingerprint density at radius 1 is 1.13 bits per heavy atom. The van der Waals surface area contributed by atoms with Crippen molar-refractivity contribution in [1.29, 1.82) is 0 Å². The Labute approximate surface area is 175 Å². The maximum Gasteiger partial charge on any atom is 0.268 e. The van der Waals surface area contributed by atoms with Crippen molar-refractivity contribution in [3.05, 3.63) is 64.2 Å². The average molecular weight is 427 g/mol. The van der Waals surface area contributed by atoms with Gasteiger partial charge in [-0.15, -0.1) is 0 Å². The van der Waals surface area contributed by atoms with E-state index < -0.39 is 24.3 Å². The number of ether oxygens (including phenoxy) is 1. The molecule has 0 aliphatic carbocycles. The number of amides is 3. The Balaban J connectivity index is 1.64. The SMILES string of the molecule is CCOCCn1c(=NC(=O)CN2C(=O)c3ccccc3C2=O)sc2cc(F)ccc21. The fourth-order valence-corrected chi connectivity index (χ4v) is 4.41. The molecule has 9 heteroatoms. The van der Waals surface area contributed by atoms with Crippen LogP contribution in [-0.4, -0.2) is 46.9 Å². The number of hydrogen-bond donors (Lipinski definition) is 0. The number of fused-ring (bicyclic) bond motifs is 2. The van der Waals surface area contributed by atoms with Crippen molar-refractivity contribution < 1.29 is 23.5 Å². The van der Waals surface area contributed by atoms with E-state index in [9.17, 15) is 18.8 Å². The van der Waals surface area contributed by atoms with E-state index in [0.717, 1.165) is 21.8 Å². The molecule has 0 spiro atoms. The van der Waals surface area contributed by atoms with Crippen LogP contribution in [0.25, 0.3) is 10.2 Å². The van der Waals surface area contributed by atoms with Crippen LogP contribution in [0, 0.1) is 5.82 Å². The summed E-state index contributed by atoms with van der Waals surface area (Å²) in [6, 6.07) is 10.8. The second kappa shape index (κ2) is 8.29. The maximum absolute atomic E-state index is 13.6. The molecule has 1 aliphatic heterocycles. The van der Waals surface area contributed by atoms with E-state index >= 15 is 0 Å². The second-order valence-electron chi connectivity index (χ2n) is 6.59. The summed E-state index contributed by atoms with van der Waals surface area (Å²) in [6.45, 7) is 2.80. The molecular weight excluding hydrogens is 409 g/mol. The highest BCUT2D eigenvalue weighted by atomic mass is 32.1. The number of imide groups is 1. The minimum Gasteiger partial charge on any atom is -0.380 e. The molecule has 7 nitrogen and oxygen atoms in total. The van der Waals surface area contributed by atoms with Crippen LogP contribution in [0.5, 0.6) is 0 Å². The van der Waals surface area contributed by atoms with E-state index in [2.05, 4.69) is 4.99 Å². The zero-order chi connectivity index (χ0) is 21.3. The Morgan fingerprint density at radius 2 is 1.83 bits per heavy atom. The van der Waals surface area contributed by atoms with E-state index in [1.807, 2.05) is 6.92 Å². The smallest absolute Gasteiger partial charge is 0.268 e. The molecule has 0 saturated carbocycles. The van der Waals surface area contributed by atoms with E-state index in [4.69, 9.17) is 4.74 Å². The lowest BCUT2D eigenvalue weighted by atomic mass is 10.1. The molecule has 0 fully saturated rings. The van der Waals surface area contributed by atoms with Gasteiger partial charge in [0.2, 0.25) is 0 Å². The molecule has 30 heavy (non-hydrogen) atoms. The zero-order valence-electron chi connectivity index (χ0n) is 16.1. The zero-order valence-corrected chi connectivity index (χ0v) is 16.9. The molecular formula is C21H18FN3O4S. The highest BCUT2D eigenvalue weighted by molar-refractivity contribution is 7.16. The first-order valence-corrected chi connectivity index (χ1v) is 10.2. The molecule has 1 aromatic heterocycles. The molecule has 2 heterocycles. The Hall–Kier alpha value is -3.17. The molecule has 154 valence electrons. The molecule has 3 amide bonds. The number of hydrogen-bond acceptors (Lipinski definition) is 5. The van der Waals surface area contributed by atoms with E-state index in [1.165, 1.54) is 12.1 Å². The average Bonchev–Trinajstić information content (AvgIpc) is 3.18. The first kappa shape index (κ1) is 20.1. The van der Waals surface area contributed by atoms with Gasteiger partial charge in [0.05, 0.1) is 28.0 Å². The number of halogens is 1. The third kappa shape index (κ3) is 3.69. The van der Waals surface area contributed by atoms with Gasteiger partial charge in [0.1, 0.15) is 12.4 Å². The van der Waals surface area contributed by atoms with Crippen molar-refractivity contribution in [2.45, 2.75) is 13.5 Å². The van der Waals surface area contributed by atoms with E-state index in [1.54, 1.807) is 34.9 Å². The topological polar surface area (TPSA) is 81.0 Å². The summed E-state index contributed by atoms with van der Waals surface area (Å²) >= 11 is 1.16. The number of benzene rings is 2. The van der Waals surface area contributed by atoms with Crippen molar-refractivity contribution in [3.63, 3.8) is 0 Å². The van der Waals surface area contributed by atoms with Crippen molar-refractivity contribution in [3.8, 4) is 0 Å². The van der Waals surface area contributed by atoms with Crippen molar-refractivity contribution in [2.24, 2.45) is 4.99 Å². The first-order chi connectivity index (χ1) is 14.5. The van der Waals surface area contributed by atoms with Gasteiger partial charge in [-0.3, -0.25) is 19.3 Å². The van der Waals surface area contributed by atoms with Crippen LogP contribution in [0.2, 0.25) is 0 Å². The van der Waals surface area contributed by atoms with Crippen LogP contribution in [0.4, 0.5) is 4.39 Å².